The van der Waals surface area contributed by atoms with Gasteiger partial charge < -0.3 is 4.74 Å². The maximum Gasteiger partial charge on any atom is 0.357 e. The van der Waals surface area contributed by atoms with Crippen LogP contribution < -0.4 is 5.56 Å². The molecular formula is C16H15N3O3S. The third-order valence-corrected chi connectivity index (χ3v) is 3.31. The van der Waals surface area contributed by atoms with E-state index in [1.54, 1.807) is 36.4 Å². The highest BCUT2D eigenvalue weighted by Gasteiger charge is 2.16. The minimum absolute atomic E-state index is 0.0320. The molecule has 2 rings (SSSR count). The van der Waals surface area contributed by atoms with Crippen molar-refractivity contribution in [2.45, 2.75) is 6.92 Å². The van der Waals surface area contributed by atoms with Gasteiger partial charge >= 0.3 is 5.97 Å². The standard InChI is InChI=1S/C16H15N3O3S/c1-3-4-10-17-19-13(15(21)22-2)11-14(20)18(16(19)23)12-8-6-5-7-9-12/h3-11H,1-2H3/b4-3+,17-10+. The van der Waals surface area contributed by atoms with Crippen LogP contribution in [-0.4, -0.2) is 28.5 Å². The van der Waals surface area contributed by atoms with Gasteiger partial charge in [0.05, 0.1) is 12.8 Å². The molecule has 0 bridgehead atoms. The summed E-state index contributed by atoms with van der Waals surface area (Å²) in [5.41, 5.74) is 0.128. The molecule has 0 saturated carbocycles. The van der Waals surface area contributed by atoms with Crippen molar-refractivity contribution in [3.05, 3.63) is 69.4 Å². The molecule has 0 N–H and O–H groups in total. The third kappa shape index (κ3) is 3.51. The maximum atomic E-state index is 12.4. The van der Waals surface area contributed by atoms with Crippen LogP contribution in [0.25, 0.3) is 5.69 Å². The number of hydrogen-bond acceptors (Lipinski definition) is 5. The van der Waals surface area contributed by atoms with Gasteiger partial charge in [0.2, 0.25) is 4.77 Å². The van der Waals surface area contributed by atoms with E-state index in [1.165, 1.54) is 22.6 Å². The van der Waals surface area contributed by atoms with Gasteiger partial charge in [0.25, 0.3) is 5.56 Å². The maximum absolute atomic E-state index is 12.4. The highest BCUT2D eigenvalue weighted by Crippen LogP contribution is 2.08. The topological polar surface area (TPSA) is 65.6 Å². The number of methoxy groups -OCH3 is 1. The summed E-state index contributed by atoms with van der Waals surface area (Å²) in [4.78, 5) is 24.3. The molecule has 1 heterocycles. The summed E-state index contributed by atoms with van der Waals surface area (Å²) in [7, 11) is 1.23. The van der Waals surface area contributed by atoms with Gasteiger partial charge in [-0.15, -0.1) is 0 Å². The summed E-state index contributed by atoms with van der Waals surface area (Å²) in [5, 5.41) is 4.13. The van der Waals surface area contributed by atoms with Crippen LogP contribution in [0.15, 0.2) is 58.4 Å². The van der Waals surface area contributed by atoms with Crippen LogP contribution >= 0.6 is 12.2 Å². The number of allylic oxidation sites excluding steroid dienone is 2. The smallest absolute Gasteiger partial charge is 0.357 e. The van der Waals surface area contributed by atoms with Crippen molar-refractivity contribution in [2.75, 3.05) is 7.11 Å². The van der Waals surface area contributed by atoms with Crippen molar-refractivity contribution >= 4 is 24.4 Å². The number of benzene rings is 1. The van der Waals surface area contributed by atoms with Gasteiger partial charge in [-0.05, 0) is 37.4 Å². The van der Waals surface area contributed by atoms with Crippen LogP contribution in [0.5, 0.6) is 0 Å². The zero-order valence-corrected chi connectivity index (χ0v) is 13.5. The fourth-order valence-corrected chi connectivity index (χ4v) is 2.24. The van der Waals surface area contributed by atoms with E-state index in [2.05, 4.69) is 5.10 Å². The molecule has 0 amide bonds. The Bertz CT molecular complexity index is 880. The van der Waals surface area contributed by atoms with Crippen molar-refractivity contribution in [1.82, 2.24) is 9.24 Å². The lowest BCUT2D eigenvalue weighted by molar-refractivity contribution is 0.0587. The lowest BCUT2D eigenvalue weighted by Gasteiger charge is -2.12. The average Bonchev–Trinajstić information content (AvgIpc) is 2.57. The molecule has 0 saturated heterocycles. The minimum Gasteiger partial charge on any atom is -0.464 e. The molecule has 0 unspecified atom stereocenters. The number of rotatable bonds is 4. The number of aromatic nitrogens is 2. The molecule has 0 aliphatic carbocycles. The summed E-state index contributed by atoms with van der Waals surface area (Å²) < 4.78 is 7.27. The van der Waals surface area contributed by atoms with Gasteiger partial charge in [-0.1, -0.05) is 24.3 Å². The van der Waals surface area contributed by atoms with Crippen molar-refractivity contribution < 1.29 is 9.53 Å². The third-order valence-electron chi connectivity index (χ3n) is 2.95. The predicted molar refractivity (Wildman–Crippen MR) is 90.9 cm³/mol. The Kier molecular flexibility index (Phi) is 5.37. The molecule has 2 aromatic rings. The van der Waals surface area contributed by atoms with Crippen LogP contribution in [0.3, 0.4) is 0 Å². The fraction of sp³-hybridized carbons (Fsp3) is 0.125. The Morgan fingerprint density at radius 3 is 2.61 bits per heavy atom. The van der Waals surface area contributed by atoms with Crippen molar-refractivity contribution in [3.63, 3.8) is 0 Å². The van der Waals surface area contributed by atoms with Gasteiger partial charge in [-0.2, -0.15) is 9.78 Å². The molecule has 118 valence electrons. The highest BCUT2D eigenvalue weighted by molar-refractivity contribution is 7.71. The van der Waals surface area contributed by atoms with E-state index in [4.69, 9.17) is 17.0 Å². The SMILES string of the molecule is C/C=C/C=N/n1c(C(=O)OC)cc(=O)n(-c2ccccc2)c1=S. The van der Waals surface area contributed by atoms with Gasteiger partial charge in [-0.3, -0.25) is 9.36 Å². The second kappa shape index (κ2) is 7.46. The second-order valence-electron chi connectivity index (χ2n) is 4.42. The zero-order chi connectivity index (χ0) is 16.8. The number of ether oxygens (including phenoxy) is 1. The predicted octanol–water partition coefficient (Wildman–Crippen LogP) is 2.57. The number of carbonyl (C=O) groups excluding carboxylic acids is 1. The van der Waals surface area contributed by atoms with Gasteiger partial charge in [0.15, 0.2) is 5.69 Å². The van der Waals surface area contributed by atoms with E-state index in [9.17, 15) is 9.59 Å². The average molecular weight is 329 g/mol. The van der Waals surface area contributed by atoms with Crippen LogP contribution in [0, 0.1) is 4.77 Å². The molecule has 1 aromatic heterocycles. The van der Waals surface area contributed by atoms with Crippen LogP contribution in [0.1, 0.15) is 17.4 Å². The van der Waals surface area contributed by atoms with Crippen molar-refractivity contribution in [3.8, 4) is 5.69 Å². The van der Waals surface area contributed by atoms with E-state index < -0.39 is 11.5 Å². The van der Waals surface area contributed by atoms with E-state index in [-0.39, 0.29) is 10.5 Å². The fourth-order valence-electron chi connectivity index (χ4n) is 1.90. The Hall–Kier alpha value is -2.80. The minimum atomic E-state index is -0.689. The molecule has 0 atom stereocenters. The first-order valence-electron chi connectivity index (χ1n) is 6.78. The lowest BCUT2D eigenvalue weighted by atomic mass is 10.3. The first-order chi connectivity index (χ1) is 11.1. The van der Waals surface area contributed by atoms with Crippen LogP contribution in [0.2, 0.25) is 0 Å². The normalized spacial score (nSPS) is 11.2. The molecule has 7 heteroatoms. The highest BCUT2D eigenvalue weighted by atomic mass is 32.1. The Labute approximate surface area is 138 Å². The summed E-state index contributed by atoms with van der Waals surface area (Å²) in [5.74, 6) is -0.689. The Balaban J connectivity index is 2.78. The molecule has 0 radical (unpaired) electrons. The zero-order valence-electron chi connectivity index (χ0n) is 12.7. The molecule has 23 heavy (non-hydrogen) atoms. The van der Waals surface area contributed by atoms with Gasteiger partial charge in [0, 0.05) is 12.3 Å². The molecule has 0 spiro atoms. The van der Waals surface area contributed by atoms with Gasteiger partial charge in [-0.25, -0.2) is 4.79 Å². The summed E-state index contributed by atoms with van der Waals surface area (Å²) in [6.07, 6.45) is 4.93. The first-order valence-corrected chi connectivity index (χ1v) is 7.19. The first kappa shape index (κ1) is 16.6. The summed E-state index contributed by atoms with van der Waals surface area (Å²) in [6, 6.07) is 10.1. The van der Waals surface area contributed by atoms with E-state index >= 15 is 0 Å². The molecule has 6 nitrogen and oxygen atoms in total. The number of esters is 1. The largest absolute Gasteiger partial charge is 0.464 e. The second-order valence-corrected chi connectivity index (χ2v) is 4.78. The van der Waals surface area contributed by atoms with Crippen molar-refractivity contribution in [1.29, 1.82) is 0 Å². The van der Waals surface area contributed by atoms with Crippen LogP contribution in [0.4, 0.5) is 0 Å². The van der Waals surface area contributed by atoms with Crippen LogP contribution in [-0.2, 0) is 4.74 Å². The molecular weight excluding hydrogens is 314 g/mol. The van der Waals surface area contributed by atoms with E-state index in [0.29, 0.717) is 5.69 Å². The lowest BCUT2D eigenvalue weighted by Crippen LogP contribution is -2.26. The van der Waals surface area contributed by atoms with Gasteiger partial charge in [0.1, 0.15) is 0 Å². The monoisotopic (exact) mass is 329 g/mol. The molecule has 0 fully saturated rings. The number of nitrogens with zero attached hydrogens (tertiary/aromatic N) is 3. The summed E-state index contributed by atoms with van der Waals surface area (Å²) in [6.45, 7) is 1.83. The number of carbonyl (C=O) groups is 1. The molecule has 1 aromatic carbocycles. The van der Waals surface area contributed by atoms with Crippen molar-refractivity contribution in [2.24, 2.45) is 5.10 Å². The molecule has 0 aliphatic rings. The number of hydrogen-bond donors (Lipinski definition) is 0. The van der Waals surface area contributed by atoms with E-state index in [1.807, 2.05) is 13.0 Å². The Morgan fingerprint density at radius 2 is 2.00 bits per heavy atom. The summed E-state index contributed by atoms with van der Waals surface area (Å²) >= 11 is 5.35. The molecule has 0 aliphatic heterocycles. The Morgan fingerprint density at radius 1 is 1.30 bits per heavy atom. The van der Waals surface area contributed by atoms with E-state index in [0.717, 1.165) is 6.07 Å². The quantitative estimate of drug-likeness (QED) is 0.491. The number of para-hydroxylation sites is 1.